The van der Waals surface area contributed by atoms with Crippen molar-refractivity contribution in [1.29, 1.82) is 0 Å². The molecule has 6 heteroatoms. The summed E-state index contributed by atoms with van der Waals surface area (Å²) in [6.07, 6.45) is 4.68. The molecule has 0 aliphatic heterocycles. The number of nitrogens with zero attached hydrogens (tertiary/aromatic N) is 2. The number of aryl methyl sites for hydroxylation is 1. The Morgan fingerprint density at radius 2 is 2.04 bits per heavy atom. The van der Waals surface area contributed by atoms with Crippen LogP contribution in [0.25, 0.3) is 11.3 Å². The Bertz CT molecular complexity index is 984. The maximum absolute atomic E-state index is 12.8. The van der Waals surface area contributed by atoms with Crippen molar-refractivity contribution in [3.05, 3.63) is 75.7 Å². The molecule has 0 radical (unpaired) electrons. The molecule has 28 heavy (non-hydrogen) atoms. The number of oxazole rings is 1. The van der Waals surface area contributed by atoms with E-state index in [1.807, 2.05) is 41.3 Å². The molecule has 144 valence electrons. The summed E-state index contributed by atoms with van der Waals surface area (Å²) in [6, 6.07) is 16.0. The van der Waals surface area contributed by atoms with E-state index < -0.39 is 0 Å². The van der Waals surface area contributed by atoms with Crippen LogP contribution in [0.1, 0.15) is 30.7 Å². The van der Waals surface area contributed by atoms with Gasteiger partial charge in [-0.25, -0.2) is 4.98 Å². The quantitative estimate of drug-likeness (QED) is 0.443. The van der Waals surface area contributed by atoms with E-state index in [0.29, 0.717) is 42.1 Å². The fourth-order valence-electron chi connectivity index (χ4n) is 3.21. The van der Waals surface area contributed by atoms with Crippen LogP contribution in [0.3, 0.4) is 0 Å². The lowest BCUT2D eigenvalue weighted by atomic mass is 10.2. The summed E-state index contributed by atoms with van der Waals surface area (Å²) in [5.74, 6) is 1.32. The van der Waals surface area contributed by atoms with E-state index in [-0.39, 0.29) is 5.91 Å². The molecule has 2 aromatic carbocycles. The summed E-state index contributed by atoms with van der Waals surface area (Å²) in [5, 5.41) is 0.621. The van der Waals surface area contributed by atoms with Crippen LogP contribution in [0.2, 0.25) is 5.02 Å². The number of benzene rings is 2. The zero-order valence-electron chi connectivity index (χ0n) is 15.3. The van der Waals surface area contributed by atoms with E-state index in [1.54, 1.807) is 6.20 Å². The topological polar surface area (TPSA) is 46.3 Å². The smallest absolute Gasteiger partial charge is 0.223 e. The number of halogens is 2. The van der Waals surface area contributed by atoms with E-state index in [4.69, 9.17) is 16.0 Å². The van der Waals surface area contributed by atoms with E-state index in [9.17, 15) is 4.79 Å². The van der Waals surface area contributed by atoms with Gasteiger partial charge in [0.25, 0.3) is 0 Å². The summed E-state index contributed by atoms with van der Waals surface area (Å²) >= 11 is 9.71. The van der Waals surface area contributed by atoms with E-state index >= 15 is 0 Å². The van der Waals surface area contributed by atoms with Gasteiger partial charge in [-0.05, 0) is 42.7 Å². The zero-order valence-corrected chi connectivity index (χ0v) is 17.6. The van der Waals surface area contributed by atoms with Crippen LogP contribution in [-0.2, 0) is 17.8 Å². The maximum Gasteiger partial charge on any atom is 0.223 e. The average Bonchev–Trinajstić information content (AvgIpc) is 3.42. The van der Waals surface area contributed by atoms with Gasteiger partial charge in [-0.1, -0.05) is 51.8 Å². The molecule has 0 spiro atoms. The van der Waals surface area contributed by atoms with E-state index in [1.165, 1.54) is 0 Å². The van der Waals surface area contributed by atoms with Gasteiger partial charge in [0.15, 0.2) is 11.7 Å². The van der Waals surface area contributed by atoms with Crippen molar-refractivity contribution in [2.75, 3.05) is 0 Å². The number of hydrogen-bond donors (Lipinski definition) is 0. The number of carbonyl (C=O) groups excluding carboxylic acids is 1. The van der Waals surface area contributed by atoms with Crippen molar-refractivity contribution in [2.24, 2.45) is 0 Å². The first-order valence-corrected chi connectivity index (χ1v) is 10.5. The van der Waals surface area contributed by atoms with Crippen molar-refractivity contribution >= 4 is 33.4 Å². The Morgan fingerprint density at radius 3 is 2.79 bits per heavy atom. The normalized spacial score (nSPS) is 13.5. The lowest BCUT2D eigenvalue weighted by Crippen LogP contribution is -2.32. The number of hydrogen-bond acceptors (Lipinski definition) is 3. The minimum Gasteiger partial charge on any atom is -0.441 e. The molecular formula is C22H20BrClN2O2. The van der Waals surface area contributed by atoms with Crippen molar-refractivity contribution < 1.29 is 9.21 Å². The van der Waals surface area contributed by atoms with Crippen LogP contribution in [0.4, 0.5) is 0 Å². The van der Waals surface area contributed by atoms with Crippen molar-refractivity contribution in [3.8, 4) is 11.3 Å². The molecule has 0 saturated heterocycles. The number of aromatic nitrogens is 1. The molecule has 0 bridgehead atoms. The van der Waals surface area contributed by atoms with Crippen LogP contribution in [0.5, 0.6) is 0 Å². The monoisotopic (exact) mass is 458 g/mol. The fourth-order valence-corrected chi connectivity index (χ4v) is 3.88. The van der Waals surface area contributed by atoms with Crippen LogP contribution >= 0.6 is 27.5 Å². The standard InChI is InChI=1S/C22H20BrClN2O2/c23-16-5-3-4-15(12-16)14-26(17-8-9-17)22(27)11-10-21-25-13-20(28-21)18-6-1-2-7-19(18)24/h1-7,12-13,17H,8-11,14H2. The van der Waals surface area contributed by atoms with Gasteiger partial charge >= 0.3 is 0 Å². The van der Waals surface area contributed by atoms with Gasteiger partial charge in [-0.3, -0.25) is 4.79 Å². The highest BCUT2D eigenvalue weighted by Gasteiger charge is 2.32. The average molecular weight is 460 g/mol. The van der Waals surface area contributed by atoms with Crippen LogP contribution in [0.15, 0.2) is 63.6 Å². The molecule has 1 saturated carbocycles. The number of rotatable bonds is 7. The van der Waals surface area contributed by atoms with Crippen molar-refractivity contribution in [3.63, 3.8) is 0 Å². The predicted molar refractivity (Wildman–Crippen MR) is 113 cm³/mol. The Kier molecular flexibility index (Phi) is 5.83. The number of amides is 1. The second-order valence-corrected chi connectivity index (χ2v) is 8.30. The lowest BCUT2D eigenvalue weighted by Gasteiger charge is -2.22. The largest absolute Gasteiger partial charge is 0.441 e. The van der Waals surface area contributed by atoms with Gasteiger partial charge < -0.3 is 9.32 Å². The minimum absolute atomic E-state index is 0.139. The summed E-state index contributed by atoms with van der Waals surface area (Å²) in [5.41, 5.74) is 1.94. The van der Waals surface area contributed by atoms with Gasteiger partial charge in [-0.2, -0.15) is 0 Å². The molecule has 1 fully saturated rings. The van der Waals surface area contributed by atoms with Crippen LogP contribution < -0.4 is 0 Å². The minimum atomic E-state index is 0.139. The highest BCUT2D eigenvalue weighted by molar-refractivity contribution is 9.10. The highest BCUT2D eigenvalue weighted by atomic mass is 79.9. The second-order valence-electron chi connectivity index (χ2n) is 6.98. The van der Waals surface area contributed by atoms with Gasteiger partial charge in [0, 0.05) is 35.5 Å². The summed E-state index contributed by atoms with van der Waals surface area (Å²) in [7, 11) is 0. The third-order valence-corrected chi connectivity index (χ3v) is 5.62. The van der Waals surface area contributed by atoms with Crippen molar-refractivity contribution in [2.45, 2.75) is 38.3 Å². The molecular weight excluding hydrogens is 440 g/mol. The summed E-state index contributed by atoms with van der Waals surface area (Å²) in [6.45, 7) is 0.638. The molecule has 0 N–H and O–H groups in total. The Hall–Kier alpha value is -2.11. The Morgan fingerprint density at radius 1 is 1.21 bits per heavy atom. The van der Waals surface area contributed by atoms with Gasteiger partial charge in [-0.15, -0.1) is 0 Å². The van der Waals surface area contributed by atoms with Gasteiger partial charge in [0.1, 0.15) is 0 Å². The Labute approximate surface area is 177 Å². The third-order valence-electron chi connectivity index (χ3n) is 4.80. The molecule has 4 rings (SSSR count). The summed E-state index contributed by atoms with van der Waals surface area (Å²) in [4.78, 5) is 19.1. The second kappa shape index (κ2) is 8.50. The maximum atomic E-state index is 12.8. The molecule has 1 aliphatic carbocycles. The molecule has 1 aliphatic rings. The molecule has 1 heterocycles. The first-order chi connectivity index (χ1) is 13.6. The third kappa shape index (κ3) is 4.65. The highest BCUT2D eigenvalue weighted by Crippen LogP contribution is 2.30. The van der Waals surface area contributed by atoms with E-state index in [2.05, 4.69) is 33.0 Å². The number of carbonyl (C=O) groups is 1. The fraction of sp³-hybridized carbons (Fsp3) is 0.273. The zero-order chi connectivity index (χ0) is 19.5. The molecule has 1 amide bonds. The van der Waals surface area contributed by atoms with E-state index in [0.717, 1.165) is 28.4 Å². The predicted octanol–water partition coefficient (Wildman–Crippen LogP) is 5.88. The molecule has 3 aromatic rings. The van der Waals surface area contributed by atoms with Gasteiger partial charge in [0.05, 0.1) is 11.2 Å². The molecule has 0 atom stereocenters. The molecule has 1 aromatic heterocycles. The molecule has 4 nitrogen and oxygen atoms in total. The first-order valence-electron chi connectivity index (χ1n) is 9.33. The summed E-state index contributed by atoms with van der Waals surface area (Å²) < 4.78 is 6.85. The SMILES string of the molecule is O=C(CCc1ncc(-c2ccccc2Cl)o1)N(Cc1cccc(Br)c1)C1CC1. The van der Waals surface area contributed by atoms with Crippen LogP contribution in [0, 0.1) is 0 Å². The Balaban J connectivity index is 1.40. The molecule has 0 unspecified atom stereocenters. The van der Waals surface area contributed by atoms with Crippen LogP contribution in [-0.4, -0.2) is 21.8 Å². The van der Waals surface area contributed by atoms with Crippen molar-refractivity contribution in [1.82, 2.24) is 9.88 Å². The first kappa shape index (κ1) is 19.2. The van der Waals surface area contributed by atoms with Gasteiger partial charge in [0.2, 0.25) is 5.91 Å². The lowest BCUT2D eigenvalue weighted by molar-refractivity contribution is -0.132.